The molecule has 2 unspecified atom stereocenters. The van der Waals surface area contributed by atoms with Crippen molar-refractivity contribution in [3.8, 4) is 0 Å². The van der Waals surface area contributed by atoms with Crippen LogP contribution in [0.15, 0.2) is 18.5 Å². The van der Waals surface area contributed by atoms with Gasteiger partial charge in [-0.25, -0.2) is 0 Å². The number of nitrogens with zero attached hydrogens (tertiary/aromatic N) is 1. The van der Waals surface area contributed by atoms with Gasteiger partial charge in [-0.1, -0.05) is 46.2 Å². The summed E-state index contributed by atoms with van der Waals surface area (Å²) in [5.74, 6) is 0.664. The highest BCUT2D eigenvalue weighted by atomic mass is 35.5. The molecule has 0 fully saturated rings. The summed E-state index contributed by atoms with van der Waals surface area (Å²) in [5.41, 5.74) is 1.53. The maximum Gasteiger partial charge on any atom is 0.0621 e. The van der Waals surface area contributed by atoms with Crippen molar-refractivity contribution in [2.45, 2.75) is 59.9 Å². The van der Waals surface area contributed by atoms with Gasteiger partial charge < -0.3 is 5.32 Å². The van der Waals surface area contributed by atoms with E-state index in [-0.39, 0.29) is 0 Å². The van der Waals surface area contributed by atoms with Gasteiger partial charge in [-0.3, -0.25) is 4.98 Å². The molecule has 114 valence electrons. The zero-order valence-corrected chi connectivity index (χ0v) is 14.3. The molecule has 1 aromatic rings. The maximum absolute atomic E-state index is 6.24. The monoisotopic (exact) mass is 296 g/mol. The lowest BCUT2D eigenvalue weighted by molar-refractivity contribution is 0.222. The minimum Gasteiger partial charge on any atom is -0.314 e. The van der Waals surface area contributed by atoms with Crippen molar-refractivity contribution in [3.05, 3.63) is 29.0 Å². The number of rotatable bonds is 7. The predicted molar refractivity (Wildman–Crippen MR) is 88.3 cm³/mol. The third-order valence-electron chi connectivity index (χ3n) is 4.12. The van der Waals surface area contributed by atoms with E-state index in [1.54, 1.807) is 6.20 Å². The van der Waals surface area contributed by atoms with Gasteiger partial charge in [0.2, 0.25) is 0 Å². The van der Waals surface area contributed by atoms with Gasteiger partial charge >= 0.3 is 0 Å². The largest absolute Gasteiger partial charge is 0.314 e. The molecule has 1 heterocycles. The van der Waals surface area contributed by atoms with Crippen LogP contribution in [0.4, 0.5) is 0 Å². The molecule has 0 aliphatic carbocycles. The lowest BCUT2D eigenvalue weighted by Crippen LogP contribution is -2.36. The summed E-state index contributed by atoms with van der Waals surface area (Å²) < 4.78 is 0. The minimum atomic E-state index is 0.341. The standard InChI is InChI=1S/C17H29ClN2/c1-6-8-20-15(10-13(2)17(3,4)5)11-14-7-9-19-12-16(14)18/h7,9,12-13,15,20H,6,8,10-11H2,1-5H3. The Labute approximate surface area is 129 Å². The number of hydrogen-bond acceptors (Lipinski definition) is 2. The topological polar surface area (TPSA) is 24.9 Å². The normalized spacial score (nSPS) is 15.1. The summed E-state index contributed by atoms with van der Waals surface area (Å²) in [6.45, 7) is 12.5. The van der Waals surface area contributed by atoms with Gasteiger partial charge in [0.25, 0.3) is 0 Å². The van der Waals surface area contributed by atoms with Gasteiger partial charge in [-0.05, 0) is 48.8 Å². The molecule has 1 N–H and O–H groups in total. The Balaban J connectivity index is 2.72. The first-order chi connectivity index (χ1) is 9.34. The predicted octanol–water partition coefficient (Wildman–Crippen LogP) is 4.72. The molecule has 0 aliphatic rings. The molecule has 0 bridgehead atoms. The molecule has 0 saturated carbocycles. The Morgan fingerprint density at radius 2 is 2.05 bits per heavy atom. The zero-order valence-electron chi connectivity index (χ0n) is 13.5. The Morgan fingerprint density at radius 1 is 1.35 bits per heavy atom. The van der Waals surface area contributed by atoms with E-state index >= 15 is 0 Å². The van der Waals surface area contributed by atoms with Crippen molar-refractivity contribution in [1.29, 1.82) is 0 Å². The van der Waals surface area contributed by atoms with Crippen LogP contribution in [-0.2, 0) is 6.42 Å². The molecule has 0 amide bonds. The van der Waals surface area contributed by atoms with E-state index in [0.717, 1.165) is 24.4 Å². The number of halogens is 1. The number of nitrogens with one attached hydrogen (secondary N) is 1. The van der Waals surface area contributed by atoms with Crippen molar-refractivity contribution in [3.63, 3.8) is 0 Å². The molecule has 0 spiro atoms. The van der Waals surface area contributed by atoms with E-state index in [1.165, 1.54) is 12.0 Å². The number of hydrogen-bond donors (Lipinski definition) is 1. The van der Waals surface area contributed by atoms with Gasteiger partial charge in [0.1, 0.15) is 0 Å². The lowest BCUT2D eigenvalue weighted by Gasteiger charge is -2.31. The Kier molecular flexibility index (Phi) is 6.97. The molecular formula is C17H29ClN2. The van der Waals surface area contributed by atoms with Gasteiger partial charge in [-0.2, -0.15) is 0 Å². The first kappa shape index (κ1) is 17.5. The summed E-state index contributed by atoms with van der Waals surface area (Å²) in [7, 11) is 0. The highest BCUT2D eigenvalue weighted by molar-refractivity contribution is 6.31. The van der Waals surface area contributed by atoms with Crippen LogP contribution >= 0.6 is 11.6 Å². The fourth-order valence-electron chi connectivity index (χ4n) is 2.20. The van der Waals surface area contributed by atoms with Crippen molar-refractivity contribution in [2.75, 3.05) is 6.54 Å². The molecule has 2 nitrogen and oxygen atoms in total. The van der Waals surface area contributed by atoms with Crippen LogP contribution in [0.5, 0.6) is 0 Å². The van der Waals surface area contributed by atoms with Gasteiger partial charge in [0.05, 0.1) is 5.02 Å². The van der Waals surface area contributed by atoms with E-state index < -0.39 is 0 Å². The molecule has 0 aliphatic heterocycles. The Bertz CT molecular complexity index is 398. The van der Waals surface area contributed by atoms with Crippen molar-refractivity contribution in [1.82, 2.24) is 10.3 Å². The van der Waals surface area contributed by atoms with Gasteiger partial charge in [0.15, 0.2) is 0 Å². The smallest absolute Gasteiger partial charge is 0.0621 e. The maximum atomic E-state index is 6.24. The fourth-order valence-corrected chi connectivity index (χ4v) is 2.40. The molecule has 0 aromatic carbocycles. The highest BCUT2D eigenvalue weighted by Gasteiger charge is 2.23. The minimum absolute atomic E-state index is 0.341. The van der Waals surface area contributed by atoms with Crippen LogP contribution in [0.1, 0.15) is 53.0 Å². The van der Waals surface area contributed by atoms with Crippen LogP contribution in [-0.4, -0.2) is 17.6 Å². The second-order valence-electron chi connectivity index (χ2n) is 6.83. The van der Waals surface area contributed by atoms with Crippen LogP contribution in [0, 0.1) is 11.3 Å². The second-order valence-corrected chi connectivity index (χ2v) is 7.23. The lowest BCUT2D eigenvalue weighted by atomic mass is 9.78. The van der Waals surface area contributed by atoms with Crippen LogP contribution < -0.4 is 5.32 Å². The Morgan fingerprint density at radius 3 is 2.60 bits per heavy atom. The molecule has 0 radical (unpaired) electrons. The third kappa shape index (κ3) is 5.80. The highest BCUT2D eigenvalue weighted by Crippen LogP contribution is 2.30. The summed E-state index contributed by atoms with van der Waals surface area (Å²) in [6.07, 6.45) is 6.86. The van der Waals surface area contributed by atoms with Crippen LogP contribution in [0.25, 0.3) is 0 Å². The number of pyridine rings is 1. The summed E-state index contributed by atoms with van der Waals surface area (Å²) >= 11 is 6.24. The molecule has 1 aromatic heterocycles. The van der Waals surface area contributed by atoms with E-state index in [2.05, 4.69) is 44.9 Å². The van der Waals surface area contributed by atoms with Gasteiger partial charge in [-0.15, -0.1) is 0 Å². The first-order valence-electron chi connectivity index (χ1n) is 7.66. The van der Waals surface area contributed by atoms with E-state index in [9.17, 15) is 0 Å². The summed E-state index contributed by atoms with van der Waals surface area (Å²) in [4.78, 5) is 4.06. The molecule has 2 atom stereocenters. The Hall–Kier alpha value is -0.600. The van der Waals surface area contributed by atoms with E-state index in [1.807, 2.05) is 12.3 Å². The first-order valence-corrected chi connectivity index (χ1v) is 8.04. The zero-order chi connectivity index (χ0) is 15.2. The summed E-state index contributed by atoms with van der Waals surface area (Å²) in [5, 5.41) is 4.45. The average Bonchev–Trinajstić information content (AvgIpc) is 2.37. The van der Waals surface area contributed by atoms with Crippen molar-refractivity contribution >= 4 is 11.6 Å². The van der Waals surface area contributed by atoms with Crippen molar-refractivity contribution < 1.29 is 0 Å². The quantitative estimate of drug-likeness (QED) is 0.787. The molecular weight excluding hydrogens is 268 g/mol. The third-order valence-corrected chi connectivity index (χ3v) is 4.46. The van der Waals surface area contributed by atoms with E-state index in [0.29, 0.717) is 17.4 Å². The fraction of sp³-hybridized carbons (Fsp3) is 0.706. The van der Waals surface area contributed by atoms with Crippen molar-refractivity contribution in [2.24, 2.45) is 11.3 Å². The molecule has 20 heavy (non-hydrogen) atoms. The molecule has 0 saturated heterocycles. The molecule has 3 heteroatoms. The average molecular weight is 297 g/mol. The number of aromatic nitrogens is 1. The van der Waals surface area contributed by atoms with E-state index in [4.69, 9.17) is 11.6 Å². The SMILES string of the molecule is CCCNC(Cc1ccncc1Cl)CC(C)C(C)(C)C. The van der Waals surface area contributed by atoms with Crippen LogP contribution in [0.3, 0.4) is 0 Å². The summed E-state index contributed by atoms with van der Waals surface area (Å²) in [6, 6.07) is 2.51. The molecule has 1 rings (SSSR count). The van der Waals surface area contributed by atoms with Crippen LogP contribution in [0.2, 0.25) is 5.02 Å². The second kappa shape index (κ2) is 7.99. The van der Waals surface area contributed by atoms with Gasteiger partial charge in [0, 0.05) is 18.4 Å².